The van der Waals surface area contributed by atoms with E-state index in [1.807, 2.05) is 45.7 Å². The highest BCUT2D eigenvalue weighted by Gasteiger charge is 2.27. The zero-order chi connectivity index (χ0) is 23.9. The smallest absolute Gasteiger partial charge is 0.134 e. The van der Waals surface area contributed by atoms with Crippen molar-refractivity contribution in [1.29, 1.82) is 0 Å². The Kier molecular flexibility index (Phi) is 5.28. The van der Waals surface area contributed by atoms with Gasteiger partial charge in [0.2, 0.25) is 0 Å². The van der Waals surface area contributed by atoms with Crippen LogP contribution in [-0.4, -0.2) is 39.3 Å². The summed E-state index contributed by atoms with van der Waals surface area (Å²) in [5.41, 5.74) is 9.89. The molecule has 0 aliphatic heterocycles. The molecule has 4 aromatic heterocycles. The summed E-state index contributed by atoms with van der Waals surface area (Å²) in [6.45, 7) is 5.90. The molecule has 0 atom stereocenters. The molecule has 0 unspecified atom stereocenters. The maximum atomic E-state index is 5.04. The topological polar surface area (TPSA) is 79.2 Å². The number of nitrogens with zero attached hydrogens (tertiary/aromatic N) is 8. The highest BCUT2D eigenvalue weighted by molar-refractivity contribution is 5.84. The first-order valence-corrected chi connectivity index (χ1v) is 12.2. The fourth-order valence-electron chi connectivity index (χ4n) is 4.86. The highest BCUT2D eigenvalue weighted by Crippen LogP contribution is 2.39. The Morgan fingerprint density at radius 1 is 0.857 bits per heavy atom. The Morgan fingerprint density at radius 3 is 2.40 bits per heavy atom. The second-order valence-electron chi connectivity index (χ2n) is 8.96. The Bertz CT molecular complexity index is 1500. The molecule has 4 heterocycles. The van der Waals surface area contributed by atoms with Crippen LogP contribution in [-0.2, 0) is 39.4 Å². The van der Waals surface area contributed by atoms with E-state index in [9.17, 15) is 0 Å². The number of fused-ring (bicyclic) bond motifs is 3. The fourth-order valence-corrected chi connectivity index (χ4v) is 4.86. The number of aromatic nitrogens is 8. The normalized spacial score (nSPS) is 12.5. The lowest BCUT2D eigenvalue weighted by atomic mass is 9.91. The first kappa shape index (κ1) is 21.5. The zero-order valence-corrected chi connectivity index (χ0v) is 20.3. The predicted molar refractivity (Wildman–Crippen MR) is 135 cm³/mol. The van der Waals surface area contributed by atoms with Crippen LogP contribution in [0.1, 0.15) is 36.6 Å². The van der Waals surface area contributed by atoms with Gasteiger partial charge in [0, 0.05) is 55.4 Å². The van der Waals surface area contributed by atoms with Gasteiger partial charge in [-0.25, -0.2) is 9.97 Å². The molecule has 1 aliphatic rings. The lowest BCUT2D eigenvalue weighted by Gasteiger charge is -2.16. The summed E-state index contributed by atoms with van der Waals surface area (Å²) in [6.07, 6.45) is 10.4. The van der Waals surface area contributed by atoms with Crippen LogP contribution in [0.2, 0.25) is 0 Å². The predicted octanol–water partition coefficient (Wildman–Crippen LogP) is 4.33. The number of rotatable bonds is 6. The molecule has 0 bridgehead atoms. The zero-order valence-electron chi connectivity index (χ0n) is 20.3. The van der Waals surface area contributed by atoms with Crippen molar-refractivity contribution < 1.29 is 0 Å². The van der Waals surface area contributed by atoms with Gasteiger partial charge in [0.1, 0.15) is 5.82 Å². The molecule has 5 aromatic rings. The summed E-state index contributed by atoms with van der Waals surface area (Å²) in [7, 11) is 2.02. The average Bonchev–Trinajstić information content (AvgIpc) is 3.62. The Hall–Kier alpha value is -4.07. The molecule has 0 radical (unpaired) electrons. The maximum absolute atomic E-state index is 5.04. The number of hydrogen-bond donors (Lipinski definition) is 0. The van der Waals surface area contributed by atoms with Crippen molar-refractivity contribution in [2.45, 2.75) is 46.2 Å². The van der Waals surface area contributed by atoms with Crippen LogP contribution in [0.25, 0.3) is 33.6 Å². The van der Waals surface area contributed by atoms with E-state index < -0.39 is 0 Å². The quantitative estimate of drug-likeness (QED) is 0.374. The van der Waals surface area contributed by atoms with Crippen LogP contribution in [0.4, 0.5) is 0 Å². The molecular formula is C27H28N8. The molecule has 8 heteroatoms. The van der Waals surface area contributed by atoms with Crippen LogP contribution < -0.4 is 0 Å². The lowest BCUT2D eigenvalue weighted by Crippen LogP contribution is -2.09. The molecule has 1 aliphatic carbocycles. The van der Waals surface area contributed by atoms with Gasteiger partial charge in [0.15, 0.2) is 0 Å². The summed E-state index contributed by atoms with van der Waals surface area (Å²) in [6, 6.07) is 10.7. The summed E-state index contributed by atoms with van der Waals surface area (Å²) in [5, 5.41) is 13.9. The van der Waals surface area contributed by atoms with E-state index in [4.69, 9.17) is 10.1 Å². The first-order valence-electron chi connectivity index (χ1n) is 12.2. The van der Waals surface area contributed by atoms with Crippen molar-refractivity contribution in [2.75, 3.05) is 0 Å². The first-order chi connectivity index (χ1) is 17.1. The van der Waals surface area contributed by atoms with Crippen LogP contribution in [0, 0.1) is 0 Å². The van der Waals surface area contributed by atoms with Crippen molar-refractivity contribution in [1.82, 2.24) is 39.3 Å². The molecule has 0 amide bonds. The van der Waals surface area contributed by atoms with Crippen molar-refractivity contribution in [3.8, 4) is 33.6 Å². The summed E-state index contributed by atoms with van der Waals surface area (Å²) in [5.74, 6) is 0.788. The molecule has 35 heavy (non-hydrogen) atoms. The minimum absolute atomic E-state index is 0.616. The van der Waals surface area contributed by atoms with Gasteiger partial charge in [0.25, 0.3) is 0 Å². The van der Waals surface area contributed by atoms with E-state index in [0.29, 0.717) is 6.42 Å². The van der Waals surface area contributed by atoms with Crippen molar-refractivity contribution in [3.05, 3.63) is 77.9 Å². The lowest BCUT2D eigenvalue weighted by molar-refractivity contribution is 0.648. The second kappa shape index (κ2) is 8.61. The van der Waals surface area contributed by atoms with Crippen molar-refractivity contribution in [3.63, 3.8) is 0 Å². The third-order valence-corrected chi connectivity index (χ3v) is 6.71. The molecule has 176 valence electrons. The van der Waals surface area contributed by atoms with E-state index in [2.05, 4.69) is 59.5 Å². The number of hydrogen-bond acceptors (Lipinski definition) is 5. The SMILES string of the molecule is CCn1cc(-c2ccc(-c3c4c(nn3C)CCc3cnc(Cc5ccn(CC)n5)nc3-4)cc2)cn1. The molecule has 6 rings (SSSR count). The largest absolute Gasteiger partial charge is 0.273 e. The van der Waals surface area contributed by atoms with Crippen LogP contribution in [0.15, 0.2) is 55.1 Å². The molecule has 0 saturated heterocycles. The summed E-state index contributed by atoms with van der Waals surface area (Å²) >= 11 is 0. The van der Waals surface area contributed by atoms with Crippen LogP contribution >= 0.6 is 0 Å². The van der Waals surface area contributed by atoms with Gasteiger partial charge in [-0.05, 0) is 43.9 Å². The van der Waals surface area contributed by atoms with Crippen LogP contribution in [0.3, 0.4) is 0 Å². The van der Waals surface area contributed by atoms with Gasteiger partial charge in [-0.2, -0.15) is 15.3 Å². The molecular weight excluding hydrogens is 436 g/mol. The summed E-state index contributed by atoms with van der Waals surface area (Å²) in [4.78, 5) is 9.70. The third kappa shape index (κ3) is 3.84. The third-order valence-electron chi connectivity index (χ3n) is 6.71. The standard InChI is InChI=1S/C27H28N8/c1-4-34-13-12-22(31-34)14-24-28-15-20-10-11-23-25(26(20)30-24)27(33(3)32-23)19-8-6-18(7-9-19)21-16-29-35(5-2)17-21/h6-9,12-13,15-17H,4-5,10-11,14H2,1-3H3. The fraction of sp³-hybridized carbons (Fsp3) is 0.296. The van der Waals surface area contributed by atoms with Gasteiger partial charge >= 0.3 is 0 Å². The average molecular weight is 465 g/mol. The van der Waals surface area contributed by atoms with E-state index in [-0.39, 0.29) is 0 Å². The molecule has 1 aromatic carbocycles. The Balaban J connectivity index is 1.38. The van der Waals surface area contributed by atoms with Gasteiger partial charge in [-0.15, -0.1) is 0 Å². The van der Waals surface area contributed by atoms with E-state index >= 15 is 0 Å². The number of aryl methyl sites for hydroxylation is 5. The van der Waals surface area contributed by atoms with Gasteiger partial charge in [-0.1, -0.05) is 24.3 Å². The second-order valence-corrected chi connectivity index (χ2v) is 8.96. The Labute approximate surface area is 204 Å². The molecule has 0 spiro atoms. The summed E-state index contributed by atoms with van der Waals surface area (Å²) < 4.78 is 5.87. The van der Waals surface area contributed by atoms with Gasteiger partial charge in [-0.3, -0.25) is 14.0 Å². The monoisotopic (exact) mass is 464 g/mol. The minimum Gasteiger partial charge on any atom is -0.273 e. The minimum atomic E-state index is 0.616. The van der Waals surface area contributed by atoms with E-state index in [1.165, 1.54) is 5.56 Å². The maximum Gasteiger partial charge on any atom is 0.134 e. The number of benzene rings is 1. The van der Waals surface area contributed by atoms with E-state index in [1.54, 1.807) is 0 Å². The van der Waals surface area contributed by atoms with Gasteiger partial charge in [0.05, 0.1) is 35.4 Å². The van der Waals surface area contributed by atoms with Crippen molar-refractivity contribution >= 4 is 0 Å². The molecule has 0 fully saturated rings. The van der Waals surface area contributed by atoms with Gasteiger partial charge < -0.3 is 0 Å². The van der Waals surface area contributed by atoms with E-state index in [0.717, 1.165) is 76.8 Å². The molecule has 0 saturated carbocycles. The van der Waals surface area contributed by atoms with Crippen LogP contribution in [0.5, 0.6) is 0 Å². The molecule has 8 nitrogen and oxygen atoms in total. The molecule has 0 N–H and O–H groups in total. The Morgan fingerprint density at radius 2 is 1.66 bits per heavy atom. The highest BCUT2D eigenvalue weighted by atomic mass is 15.3. The van der Waals surface area contributed by atoms with Crippen molar-refractivity contribution in [2.24, 2.45) is 7.05 Å².